The zero-order valence-electron chi connectivity index (χ0n) is 13.4. The summed E-state index contributed by atoms with van der Waals surface area (Å²) >= 11 is 5.98. The summed E-state index contributed by atoms with van der Waals surface area (Å²) in [6, 6.07) is 8.10. The summed E-state index contributed by atoms with van der Waals surface area (Å²) in [5.74, 6) is -0.0658. The largest absolute Gasteiger partial charge is 0.347 e. The summed E-state index contributed by atoms with van der Waals surface area (Å²) in [6.07, 6.45) is 4.33. The number of nitrogens with zero attached hydrogens (tertiary/aromatic N) is 3. The summed E-state index contributed by atoms with van der Waals surface area (Å²) in [7, 11) is 2.08. The zero-order chi connectivity index (χ0) is 16.4. The van der Waals surface area contributed by atoms with Gasteiger partial charge in [-0.1, -0.05) is 23.7 Å². The molecule has 1 aliphatic heterocycles. The molecule has 1 aromatic heterocycles. The van der Waals surface area contributed by atoms with Gasteiger partial charge in [0.1, 0.15) is 0 Å². The van der Waals surface area contributed by atoms with Crippen LogP contribution in [0.3, 0.4) is 0 Å². The lowest BCUT2D eigenvalue weighted by Gasteiger charge is -2.26. The molecule has 0 radical (unpaired) electrons. The average Bonchev–Trinajstić information content (AvgIpc) is 3.16. The molecule has 3 rings (SSSR count). The van der Waals surface area contributed by atoms with Crippen LogP contribution >= 0.6 is 11.6 Å². The molecule has 1 fully saturated rings. The van der Waals surface area contributed by atoms with Crippen molar-refractivity contribution in [2.24, 2.45) is 0 Å². The highest BCUT2D eigenvalue weighted by atomic mass is 35.5. The molecule has 122 valence electrons. The topological polar surface area (TPSA) is 50.2 Å². The van der Waals surface area contributed by atoms with E-state index in [1.165, 1.54) is 5.56 Å². The Hall–Kier alpha value is -1.85. The minimum Gasteiger partial charge on any atom is -0.347 e. The van der Waals surface area contributed by atoms with E-state index in [1.807, 2.05) is 31.2 Å². The van der Waals surface area contributed by atoms with Gasteiger partial charge in [0, 0.05) is 24.3 Å². The molecule has 2 heterocycles. The molecule has 0 aliphatic carbocycles. The Morgan fingerprint density at radius 3 is 2.78 bits per heavy atom. The van der Waals surface area contributed by atoms with Crippen LogP contribution in [-0.2, 0) is 6.54 Å². The van der Waals surface area contributed by atoms with Crippen LogP contribution in [0, 0.1) is 0 Å². The number of aromatic nitrogens is 2. The van der Waals surface area contributed by atoms with Gasteiger partial charge >= 0.3 is 0 Å². The van der Waals surface area contributed by atoms with Crippen molar-refractivity contribution in [3.05, 3.63) is 52.8 Å². The predicted octanol–water partition coefficient (Wildman–Crippen LogP) is 2.73. The molecule has 0 spiro atoms. The third-order valence-corrected chi connectivity index (χ3v) is 4.65. The molecule has 0 saturated carbocycles. The highest BCUT2D eigenvalue weighted by Gasteiger charge is 2.34. The van der Waals surface area contributed by atoms with Crippen molar-refractivity contribution < 1.29 is 4.79 Å². The smallest absolute Gasteiger partial charge is 0.254 e. The Balaban J connectivity index is 1.75. The number of rotatable bonds is 4. The maximum absolute atomic E-state index is 12.5. The van der Waals surface area contributed by atoms with Crippen LogP contribution in [0.1, 0.15) is 35.3 Å². The van der Waals surface area contributed by atoms with Crippen molar-refractivity contribution in [2.45, 2.75) is 32.0 Å². The Kier molecular flexibility index (Phi) is 4.68. The number of likely N-dealkylation sites (tertiary alicyclic amines) is 1. The number of hydrogen-bond acceptors (Lipinski definition) is 3. The monoisotopic (exact) mass is 332 g/mol. The van der Waals surface area contributed by atoms with E-state index in [2.05, 4.69) is 22.4 Å². The molecule has 23 heavy (non-hydrogen) atoms. The van der Waals surface area contributed by atoms with Gasteiger partial charge in [0.05, 0.1) is 23.8 Å². The van der Waals surface area contributed by atoms with Gasteiger partial charge in [0.2, 0.25) is 0 Å². The number of halogens is 1. The first-order valence-electron chi connectivity index (χ1n) is 7.87. The van der Waals surface area contributed by atoms with Crippen molar-refractivity contribution in [3.8, 4) is 0 Å². The second-order valence-electron chi connectivity index (χ2n) is 5.93. The maximum atomic E-state index is 12.5. The molecule has 1 amide bonds. The third-order valence-electron chi connectivity index (χ3n) is 4.40. The molecule has 0 bridgehead atoms. The Bertz CT molecular complexity index is 682. The molecular weight excluding hydrogens is 312 g/mol. The normalized spacial score (nSPS) is 21.5. The van der Waals surface area contributed by atoms with Crippen LogP contribution in [0.25, 0.3) is 0 Å². The molecule has 6 heteroatoms. The van der Waals surface area contributed by atoms with E-state index in [0.717, 1.165) is 24.5 Å². The predicted molar refractivity (Wildman–Crippen MR) is 90.6 cm³/mol. The Morgan fingerprint density at radius 1 is 1.39 bits per heavy atom. The lowest BCUT2D eigenvalue weighted by Crippen LogP contribution is -2.38. The second-order valence-corrected chi connectivity index (χ2v) is 6.37. The van der Waals surface area contributed by atoms with Crippen molar-refractivity contribution >= 4 is 17.5 Å². The maximum Gasteiger partial charge on any atom is 0.254 e. The SMILES string of the molecule is CCn1cc(C(=O)NC2CCN(C)C2c2ccc(Cl)cc2)cn1. The van der Waals surface area contributed by atoms with E-state index in [9.17, 15) is 4.79 Å². The van der Waals surface area contributed by atoms with Gasteiger partial charge < -0.3 is 5.32 Å². The quantitative estimate of drug-likeness (QED) is 0.936. The number of carbonyl (C=O) groups excluding carboxylic acids is 1. The molecule has 1 N–H and O–H groups in total. The van der Waals surface area contributed by atoms with E-state index in [4.69, 9.17) is 11.6 Å². The van der Waals surface area contributed by atoms with Crippen LogP contribution in [-0.4, -0.2) is 40.2 Å². The summed E-state index contributed by atoms with van der Waals surface area (Å²) in [4.78, 5) is 14.7. The number of aryl methyl sites for hydroxylation is 1. The van der Waals surface area contributed by atoms with Crippen LogP contribution in [0.15, 0.2) is 36.7 Å². The molecule has 2 atom stereocenters. The average molecular weight is 333 g/mol. The van der Waals surface area contributed by atoms with Gasteiger partial charge in [0.15, 0.2) is 0 Å². The summed E-state index contributed by atoms with van der Waals surface area (Å²) in [6.45, 7) is 3.70. The number of likely N-dealkylation sites (N-methyl/N-ethyl adjacent to an activating group) is 1. The van der Waals surface area contributed by atoms with Crippen LogP contribution in [0.4, 0.5) is 0 Å². The minimum absolute atomic E-state index is 0.0658. The number of carbonyl (C=O) groups is 1. The standard InChI is InChI=1S/C17H21ClN4O/c1-3-22-11-13(10-19-22)17(23)20-15-8-9-21(2)16(15)12-4-6-14(18)7-5-12/h4-7,10-11,15-16H,3,8-9H2,1-2H3,(H,20,23). The number of hydrogen-bond donors (Lipinski definition) is 1. The second kappa shape index (κ2) is 6.72. The van der Waals surface area contributed by atoms with E-state index in [1.54, 1.807) is 17.1 Å². The lowest BCUT2D eigenvalue weighted by atomic mass is 10.00. The molecule has 2 unspecified atom stereocenters. The molecule has 5 nitrogen and oxygen atoms in total. The first-order valence-corrected chi connectivity index (χ1v) is 8.25. The fraction of sp³-hybridized carbons (Fsp3) is 0.412. The minimum atomic E-state index is -0.0658. The van der Waals surface area contributed by atoms with E-state index in [0.29, 0.717) is 5.56 Å². The zero-order valence-corrected chi connectivity index (χ0v) is 14.1. The van der Waals surface area contributed by atoms with E-state index in [-0.39, 0.29) is 18.0 Å². The lowest BCUT2D eigenvalue weighted by molar-refractivity contribution is 0.0927. The number of benzene rings is 1. The Morgan fingerprint density at radius 2 is 2.13 bits per heavy atom. The fourth-order valence-corrected chi connectivity index (χ4v) is 3.28. The van der Waals surface area contributed by atoms with Crippen molar-refractivity contribution in [2.75, 3.05) is 13.6 Å². The van der Waals surface area contributed by atoms with Crippen molar-refractivity contribution in [1.29, 1.82) is 0 Å². The van der Waals surface area contributed by atoms with Gasteiger partial charge in [-0.15, -0.1) is 0 Å². The van der Waals surface area contributed by atoms with Crippen LogP contribution in [0.2, 0.25) is 5.02 Å². The molecular formula is C17H21ClN4O. The van der Waals surface area contributed by atoms with Crippen LogP contribution < -0.4 is 5.32 Å². The number of amides is 1. The molecule has 2 aromatic rings. The first-order chi connectivity index (χ1) is 11.1. The van der Waals surface area contributed by atoms with E-state index >= 15 is 0 Å². The molecule has 1 saturated heterocycles. The molecule has 1 aliphatic rings. The highest BCUT2D eigenvalue weighted by molar-refractivity contribution is 6.30. The van der Waals surface area contributed by atoms with Gasteiger partial charge in [0.25, 0.3) is 5.91 Å². The van der Waals surface area contributed by atoms with Gasteiger partial charge in [-0.05, 0) is 38.1 Å². The van der Waals surface area contributed by atoms with Crippen molar-refractivity contribution in [3.63, 3.8) is 0 Å². The summed E-state index contributed by atoms with van der Waals surface area (Å²) in [5.41, 5.74) is 1.78. The van der Waals surface area contributed by atoms with Gasteiger partial charge in [-0.3, -0.25) is 14.4 Å². The van der Waals surface area contributed by atoms with Crippen LogP contribution in [0.5, 0.6) is 0 Å². The number of nitrogens with one attached hydrogen (secondary N) is 1. The first kappa shape index (κ1) is 16.0. The fourth-order valence-electron chi connectivity index (χ4n) is 3.15. The third kappa shape index (κ3) is 3.41. The summed E-state index contributed by atoms with van der Waals surface area (Å²) in [5, 5.41) is 8.05. The van der Waals surface area contributed by atoms with Gasteiger partial charge in [-0.2, -0.15) is 5.10 Å². The Labute approximate surface area is 141 Å². The van der Waals surface area contributed by atoms with Crippen molar-refractivity contribution in [1.82, 2.24) is 20.0 Å². The van der Waals surface area contributed by atoms with E-state index < -0.39 is 0 Å². The molecule has 1 aromatic carbocycles. The van der Waals surface area contributed by atoms with Gasteiger partial charge in [-0.25, -0.2) is 0 Å². The highest BCUT2D eigenvalue weighted by Crippen LogP contribution is 2.31. The summed E-state index contributed by atoms with van der Waals surface area (Å²) < 4.78 is 1.76.